The van der Waals surface area contributed by atoms with Crippen LogP contribution in [0.25, 0.3) is 0 Å². The number of aryl methyl sites for hydroxylation is 1. The molecule has 0 unspecified atom stereocenters. The van der Waals surface area contributed by atoms with Crippen molar-refractivity contribution < 1.29 is 4.90 Å². The molecule has 0 bridgehead atoms. The predicted molar refractivity (Wildman–Crippen MR) is 76.3 cm³/mol. The first kappa shape index (κ1) is 13.9. The minimum Gasteiger partial charge on any atom is -0.359 e. The van der Waals surface area contributed by atoms with Gasteiger partial charge < -0.3 is 15.5 Å². The van der Waals surface area contributed by atoms with Crippen LogP contribution < -0.4 is 15.5 Å². The van der Waals surface area contributed by atoms with Gasteiger partial charge in [-0.25, -0.2) is 0 Å². The Hall–Kier alpha value is -1.13. The lowest BCUT2D eigenvalue weighted by Gasteiger charge is -2.12. The minimum atomic E-state index is 0.729. The second-order valence-corrected chi connectivity index (χ2v) is 4.96. The number of benzene rings is 1. The van der Waals surface area contributed by atoms with Gasteiger partial charge in [-0.15, -0.1) is 0 Å². The second-order valence-electron chi connectivity index (χ2n) is 4.55. The molecule has 0 radical (unpaired) electrons. The van der Waals surface area contributed by atoms with Gasteiger partial charge >= 0.3 is 0 Å². The normalized spacial score (nSPS) is 10.4. The fourth-order valence-corrected chi connectivity index (χ4v) is 1.55. The standard InChI is InChI=1S/C13H21N3S/c1-11-4-6-12(7-5-11)10-15-13(17)14-8-9-16(2)3/h4-7H,8-10H2,1-3H3,(H2,14,15,17)/p+1. The first-order valence-electron chi connectivity index (χ1n) is 5.94. The van der Waals surface area contributed by atoms with Crippen LogP contribution >= 0.6 is 12.2 Å². The van der Waals surface area contributed by atoms with Gasteiger partial charge in [0.15, 0.2) is 5.11 Å². The van der Waals surface area contributed by atoms with Crippen molar-refractivity contribution >= 4 is 17.3 Å². The fraction of sp³-hybridized carbons (Fsp3) is 0.462. The molecule has 3 nitrogen and oxygen atoms in total. The molecule has 0 aliphatic heterocycles. The first-order valence-corrected chi connectivity index (χ1v) is 6.35. The van der Waals surface area contributed by atoms with Gasteiger partial charge in [-0.05, 0) is 24.7 Å². The average Bonchev–Trinajstić information content (AvgIpc) is 2.28. The summed E-state index contributed by atoms with van der Waals surface area (Å²) in [6.07, 6.45) is 0. The third-order valence-electron chi connectivity index (χ3n) is 2.48. The molecule has 0 aromatic heterocycles. The van der Waals surface area contributed by atoms with E-state index < -0.39 is 0 Å². The maximum atomic E-state index is 5.20. The highest BCUT2D eigenvalue weighted by atomic mass is 32.1. The van der Waals surface area contributed by atoms with Crippen LogP contribution in [-0.4, -0.2) is 32.3 Å². The SMILES string of the molecule is Cc1ccc(CNC(=S)NCC[NH+](C)C)cc1. The lowest BCUT2D eigenvalue weighted by atomic mass is 10.1. The summed E-state index contributed by atoms with van der Waals surface area (Å²) in [7, 11) is 4.26. The molecule has 94 valence electrons. The number of nitrogens with one attached hydrogen (secondary N) is 3. The summed E-state index contributed by atoms with van der Waals surface area (Å²) >= 11 is 5.20. The van der Waals surface area contributed by atoms with Crippen molar-refractivity contribution in [3.05, 3.63) is 35.4 Å². The highest BCUT2D eigenvalue weighted by Gasteiger charge is 1.97. The second kappa shape index (κ2) is 7.25. The molecule has 0 fully saturated rings. The van der Waals surface area contributed by atoms with Crippen molar-refractivity contribution in [3.63, 3.8) is 0 Å². The predicted octanol–water partition coefficient (Wildman–Crippen LogP) is 0.104. The monoisotopic (exact) mass is 252 g/mol. The van der Waals surface area contributed by atoms with Crippen LogP contribution in [-0.2, 0) is 6.54 Å². The Morgan fingerprint density at radius 2 is 1.82 bits per heavy atom. The smallest absolute Gasteiger partial charge is 0.166 e. The lowest BCUT2D eigenvalue weighted by Crippen LogP contribution is -3.06. The van der Waals surface area contributed by atoms with Gasteiger partial charge in [-0.1, -0.05) is 29.8 Å². The maximum absolute atomic E-state index is 5.20. The van der Waals surface area contributed by atoms with E-state index in [0.29, 0.717) is 0 Å². The zero-order valence-corrected chi connectivity index (χ0v) is 11.7. The van der Waals surface area contributed by atoms with Gasteiger partial charge in [-0.2, -0.15) is 0 Å². The van der Waals surface area contributed by atoms with Crippen LogP contribution in [0.4, 0.5) is 0 Å². The van der Waals surface area contributed by atoms with Crippen LogP contribution in [0.5, 0.6) is 0 Å². The number of thiocarbonyl (C=S) groups is 1. The van der Waals surface area contributed by atoms with Gasteiger partial charge in [0, 0.05) is 6.54 Å². The van der Waals surface area contributed by atoms with E-state index in [-0.39, 0.29) is 0 Å². The Labute approximate surface area is 109 Å². The topological polar surface area (TPSA) is 28.5 Å². The number of hydrogen-bond acceptors (Lipinski definition) is 1. The molecule has 0 saturated heterocycles. The van der Waals surface area contributed by atoms with Crippen LogP contribution in [0.2, 0.25) is 0 Å². The van der Waals surface area contributed by atoms with Crippen molar-refractivity contribution in [3.8, 4) is 0 Å². The molecule has 0 spiro atoms. The molecular weight excluding hydrogens is 230 g/mol. The first-order chi connectivity index (χ1) is 8.08. The van der Waals surface area contributed by atoms with Crippen molar-refractivity contribution in [2.24, 2.45) is 0 Å². The van der Waals surface area contributed by atoms with Gasteiger partial charge in [0.2, 0.25) is 0 Å². The summed E-state index contributed by atoms with van der Waals surface area (Å²) in [5, 5.41) is 7.13. The fourth-order valence-electron chi connectivity index (χ4n) is 1.38. The van der Waals surface area contributed by atoms with E-state index in [1.807, 2.05) is 0 Å². The highest BCUT2D eigenvalue weighted by molar-refractivity contribution is 7.80. The van der Waals surface area contributed by atoms with Crippen LogP contribution in [0, 0.1) is 6.92 Å². The van der Waals surface area contributed by atoms with E-state index in [4.69, 9.17) is 12.2 Å². The molecule has 1 aromatic carbocycles. The number of quaternary nitrogens is 1. The van der Waals surface area contributed by atoms with E-state index in [0.717, 1.165) is 24.7 Å². The van der Waals surface area contributed by atoms with Gasteiger partial charge in [0.1, 0.15) is 0 Å². The minimum absolute atomic E-state index is 0.729. The van der Waals surface area contributed by atoms with Crippen LogP contribution in [0.1, 0.15) is 11.1 Å². The molecule has 0 amide bonds. The molecule has 0 aliphatic rings. The largest absolute Gasteiger partial charge is 0.359 e. The van der Waals surface area contributed by atoms with Gasteiger partial charge in [-0.3, -0.25) is 0 Å². The number of rotatable bonds is 5. The van der Waals surface area contributed by atoms with E-state index >= 15 is 0 Å². The van der Waals surface area contributed by atoms with E-state index in [2.05, 4.69) is 55.9 Å². The molecule has 0 aliphatic carbocycles. The Morgan fingerprint density at radius 3 is 2.41 bits per heavy atom. The Morgan fingerprint density at radius 1 is 1.18 bits per heavy atom. The molecule has 4 heteroatoms. The Kier molecular flexibility index (Phi) is 5.94. The van der Waals surface area contributed by atoms with Crippen LogP contribution in [0.15, 0.2) is 24.3 Å². The molecule has 0 atom stereocenters. The molecule has 3 N–H and O–H groups in total. The Bertz CT molecular complexity index is 346. The summed E-state index contributed by atoms with van der Waals surface area (Å²) in [6, 6.07) is 8.47. The Balaban J connectivity index is 2.21. The third-order valence-corrected chi connectivity index (χ3v) is 2.77. The van der Waals surface area contributed by atoms with Gasteiger partial charge in [0.25, 0.3) is 0 Å². The summed E-state index contributed by atoms with van der Waals surface area (Å²) in [4.78, 5) is 1.42. The molecule has 17 heavy (non-hydrogen) atoms. The molecular formula is C13H22N3S+. The van der Waals surface area contributed by atoms with Crippen molar-refractivity contribution in [2.75, 3.05) is 27.2 Å². The number of likely N-dealkylation sites (N-methyl/N-ethyl adjacent to an activating group) is 1. The van der Waals surface area contributed by atoms with Gasteiger partial charge in [0.05, 0.1) is 27.2 Å². The van der Waals surface area contributed by atoms with Crippen molar-refractivity contribution in [1.82, 2.24) is 10.6 Å². The highest BCUT2D eigenvalue weighted by Crippen LogP contribution is 2.02. The van der Waals surface area contributed by atoms with Crippen molar-refractivity contribution in [1.29, 1.82) is 0 Å². The molecule has 1 aromatic rings. The zero-order chi connectivity index (χ0) is 12.7. The molecule has 0 heterocycles. The number of hydrogen-bond donors (Lipinski definition) is 3. The molecule has 0 saturated carbocycles. The summed E-state index contributed by atoms with van der Waals surface area (Å²) < 4.78 is 0. The maximum Gasteiger partial charge on any atom is 0.166 e. The lowest BCUT2D eigenvalue weighted by molar-refractivity contribution is -0.856. The quantitative estimate of drug-likeness (QED) is 0.649. The summed E-state index contributed by atoms with van der Waals surface area (Å²) in [5.41, 5.74) is 2.53. The zero-order valence-electron chi connectivity index (χ0n) is 10.8. The van der Waals surface area contributed by atoms with Crippen LogP contribution in [0.3, 0.4) is 0 Å². The van der Waals surface area contributed by atoms with E-state index in [1.165, 1.54) is 16.0 Å². The summed E-state index contributed by atoms with van der Waals surface area (Å²) in [6.45, 7) is 4.84. The van der Waals surface area contributed by atoms with E-state index in [9.17, 15) is 0 Å². The van der Waals surface area contributed by atoms with E-state index in [1.54, 1.807) is 0 Å². The van der Waals surface area contributed by atoms with Crippen molar-refractivity contribution in [2.45, 2.75) is 13.5 Å². The summed E-state index contributed by atoms with van der Waals surface area (Å²) in [5.74, 6) is 0. The average molecular weight is 252 g/mol. The third kappa shape index (κ3) is 6.24. The molecule has 1 rings (SSSR count).